The van der Waals surface area contributed by atoms with Gasteiger partial charge in [-0.2, -0.15) is 0 Å². The molecule has 0 radical (unpaired) electrons. The number of benzene rings is 3. The molecule has 5 rings (SSSR count). The molecule has 7 heteroatoms. The minimum absolute atomic E-state index is 0.0688. The SMILES string of the molecule is COc1cc(/C=C2\SC(=S)N(C[C@@H]3CCCO3)C2=O)ccc1OCc1cccc2ccccc12. The van der Waals surface area contributed by atoms with Crippen LogP contribution < -0.4 is 9.47 Å². The molecule has 2 fully saturated rings. The lowest BCUT2D eigenvalue weighted by Gasteiger charge is -2.18. The minimum atomic E-state index is -0.0688. The van der Waals surface area contributed by atoms with Gasteiger partial charge in [-0.15, -0.1) is 0 Å². The molecule has 2 aliphatic rings. The van der Waals surface area contributed by atoms with E-state index in [0.717, 1.165) is 30.6 Å². The highest BCUT2D eigenvalue weighted by Gasteiger charge is 2.34. The summed E-state index contributed by atoms with van der Waals surface area (Å²) in [7, 11) is 1.62. The summed E-state index contributed by atoms with van der Waals surface area (Å²) in [6, 6.07) is 20.1. The maximum Gasteiger partial charge on any atom is 0.266 e. The van der Waals surface area contributed by atoms with Crippen LogP contribution in [0.5, 0.6) is 11.5 Å². The Kier molecular flexibility index (Phi) is 6.85. The summed E-state index contributed by atoms with van der Waals surface area (Å²) < 4.78 is 18.0. The summed E-state index contributed by atoms with van der Waals surface area (Å²) in [5.41, 5.74) is 1.96. The summed E-state index contributed by atoms with van der Waals surface area (Å²) in [5.74, 6) is 1.20. The van der Waals surface area contributed by atoms with Crippen molar-refractivity contribution in [2.75, 3.05) is 20.3 Å². The highest BCUT2D eigenvalue weighted by molar-refractivity contribution is 8.26. The Bertz CT molecular complexity index is 1260. The molecule has 0 bridgehead atoms. The minimum Gasteiger partial charge on any atom is -0.493 e. The van der Waals surface area contributed by atoms with Crippen LogP contribution in [-0.2, 0) is 16.1 Å². The number of carbonyl (C=O) groups excluding carboxylic acids is 1. The standard InChI is InChI=1S/C27H25NO4S2/c1-30-24-14-18(15-25-26(29)28(27(33)34-25)16-21-9-5-13-31-21)11-12-23(24)32-17-20-8-4-7-19-6-2-3-10-22(19)20/h2-4,6-8,10-12,14-15,21H,5,9,13,16-17H2,1H3/b25-15-/t21-/m0/s1. The number of ether oxygens (including phenoxy) is 3. The number of rotatable bonds is 7. The van der Waals surface area contributed by atoms with Crippen molar-refractivity contribution >= 4 is 51.1 Å². The molecule has 2 aliphatic heterocycles. The number of thioether (sulfide) groups is 1. The summed E-state index contributed by atoms with van der Waals surface area (Å²) in [4.78, 5) is 15.2. The number of methoxy groups -OCH3 is 1. The van der Waals surface area contributed by atoms with E-state index in [2.05, 4.69) is 24.3 Å². The topological polar surface area (TPSA) is 48.0 Å². The molecule has 0 aromatic heterocycles. The van der Waals surface area contributed by atoms with Crippen molar-refractivity contribution in [3.05, 3.63) is 76.7 Å². The first kappa shape index (κ1) is 22.9. The quantitative estimate of drug-likeness (QED) is 0.307. The average Bonchev–Trinajstić information content (AvgIpc) is 3.47. The lowest BCUT2D eigenvalue weighted by atomic mass is 10.1. The highest BCUT2D eigenvalue weighted by atomic mass is 32.2. The van der Waals surface area contributed by atoms with Gasteiger partial charge in [0.05, 0.1) is 24.7 Å². The molecule has 3 aromatic rings. The molecular weight excluding hydrogens is 466 g/mol. The lowest BCUT2D eigenvalue weighted by molar-refractivity contribution is -0.123. The van der Waals surface area contributed by atoms with Gasteiger partial charge in [-0.3, -0.25) is 9.69 Å². The van der Waals surface area contributed by atoms with Crippen LogP contribution in [0.2, 0.25) is 0 Å². The Morgan fingerprint density at radius 1 is 1.15 bits per heavy atom. The van der Waals surface area contributed by atoms with Crippen LogP contribution in [-0.4, -0.2) is 41.5 Å². The van der Waals surface area contributed by atoms with Crippen LogP contribution in [0.25, 0.3) is 16.8 Å². The summed E-state index contributed by atoms with van der Waals surface area (Å²) in [6.45, 7) is 1.70. The average molecular weight is 492 g/mol. The van der Waals surface area contributed by atoms with Crippen molar-refractivity contribution in [2.24, 2.45) is 0 Å². The summed E-state index contributed by atoms with van der Waals surface area (Å²) >= 11 is 6.78. The normalized spacial score (nSPS) is 19.4. The van der Waals surface area contributed by atoms with Crippen molar-refractivity contribution in [1.82, 2.24) is 4.90 Å². The van der Waals surface area contributed by atoms with Crippen molar-refractivity contribution in [1.29, 1.82) is 0 Å². The number of fused-ring (bicyclic) bond motifs is 1. The molecule has 174 valence electrons. The molecule has 1 amide bonds. The zero-order valence-corrected chi connectivity index (χ0v) is 20.5. The predicted molar refractivity (Wildman–Crippen MR) is 140 cm³/mol. The van der Waals surface area contributed by atoms with Gasteiger partial charge in [0.15, 0.2) is 11.5 Å². The molecule has 0 spiro atoms. The molecule has 3 aromatic carbocycles. The second kappa shape index (κ2) is 10.2. The van der Waals surface area contributed by atoms with E-state index < -0.39 is 0 Å². The van der Waals surface area contributed by atoms with E-state index >= 15 is 0 Å². The number of hydrogen-bond acceptors (Lipinski definition) is 6. The smallest absolute Gasteiger partial charge is 0.266 e. The van der Waals surface area contributed by atoms with Crippen LogP contribution in [0.1, 0.15) is 24.0 Å². The lowest BCUT2D eigenvalue weighted by Crippen LogP contribution is -2.35. The Labute approximate surface area is 208 Å². The number of amides is 1. The van der Waals surface area contributed by atoms with Gasteiger partial charge in [0.25, 0.3) is 5.91 Å². The largest absolute Gasteiger partial charge is 0.493 e. The molecule has 0 N–H and O–H groups in total. The first-order valence-electron chi connectivity index (χ1n) is 11.3. The fraction of sp³-hybridized carbons (Fsp3) is 0.259. The third kappa shape index (κ3) is 4.82. The second-order valence-electron chi connectivity index (χ2n) is 8.26. The molecule has 0 saturated carbocycles. The van der Waals surface area contributed by atoms with Gasteiger partial charge in [0.2, 0.25) is 0 Å². The van der Waals surface area contributed by atoms with Crippen LogP contribution in [0, 0.1) is 0 Å². The Morgan fingerprint density at radius 3 is 2.82 bits per heavy atom. The van der Waals surface area contributed by atoms with Gasteiger partial charge < -0.3 is 14.2 Å². The Morgan fingerprint density at radius 2 is 2.00 bits per heavy atom. The Balaban J connectivity index is 1.31. The number of carbonyl (C=O) groups is 1. The maximum absolute atomic E-state index is 12.9. The molecule has 2 heterocycles. The summed E-state index contributed by atoms with van der Waals surface area (Å²) in [6.07, 6.45) is 3.92. The van der Waals surface area contributed by atoms with E-state index in [1.165, 1.54) is 22.5 Å². The van der Waals surface area contributed by atoms with Crippen molar-refractivity contribution < 1.29 is 19.0 Å². The predicted octanol–water partition coefficient (Wildman–Crippen LogP) is 5.81. The molecule has 1 atom stereocenters. The Hall–Kier alpha value is -2.87. The monoisotopic (exact) mass is 491 g/mol. The van der Waals surface area contributed by atoms with E-state index in [1.807, 2.05) is 42.5 Å². The first-order valence-corrected chi connectivity index (χ1v) is 12.5. The van der Waals surface area contributed by atoms with E-state index in [-0.39, 0.29) is 12.0 Å². The third-order valence-corrected chi connectivity index (χ3v) is 7.41. The van der Waals surface area contributed by atoms with E-state index in [0.29, 0.717) is 33.9 Å². The highest BCUT2D eigenvalue weighted by Crippen LogP contribution is 2.36. The van der Waals surface area contributed by atoms with Gasteiger partial charge in [-0.1, -0.05) is 72.5 Å². The van der Waals surface area contributed by atoms with Gasteiger partial charge in [0, 0.05) is 6.61 Å². The zero-order chi connectivity index (χ0) is 23.5. The molecule has 2 saturated heterocycles. The molecule has 0 unspecified atom stereocenters. The summed E-state index contributed by atoms with van der Waals surface area (Å²) in [5, 5.41) is 2.35. The van der Waals surface area contributed by atoms with Crippen LogP contribution in [0.3, 0.4) is 0 Å². The fourth-order valence-corrected chi connectivity index (χ4v) is 5.54. The van der Waals surface area contributed by atoms with Gasteiger partial charge >= 0.3 is 0 Å². The number of hydrogen-bond donors (Lipinski definition) is 0. The fourth-order valence-electron chi connectivity index (χ4n) is 4.27. The molecule has 5 nitrogen and oxygen atoms in total. The van der Waals surface area contributed by atoms with Gasteiger partial charge in [-0.25, -0.2) is 0 Å². The van der Waals surface area contributed by atoms with Gasteiger partial charge in [0.1, 0.15) is 10.9 Å². The number of thiocarbonyl (C=S) groups is 1. The van der Waals surface area contributed by atoms with Crippen LogP contribution in [0.15, 0.2) is 65.6 Å². The molecule has 34 heavy (non-hydrogen) atoms. The number of nitrogens with zero attached hydrogens (tertiary/aromatic N) is 1. The molecular formula is C27H25NO4S2. The van der Waals surface area contributed by atoms with E-state index in [1.54, 1.807) is 12.0 Å². The second-order valence-corrected chi connectivity index (χ2v) is 9.94. The third-order valence-electron chi connectivity index (χ3n) is 6.03. The van der Waals surface area contributed by atoms with Crippen molar-refractivity contribution in [3.8, 4) is 11.5 Å². The van der Waals surface area contributed by atoms with Crippen LogP contribution in [0.4, 0.5) is 0 Å². The van der Waals surface area contributed by atoms with E-state index in [4.69, 9.17) is 26.4 Å². The first-order chi connectivity index (χ1) is 16.6. The van der Waals surface area contributed by atoms with Crippen molar-refractivity contribution in [3.63, 3.8) is 0 Å². The molecule has 0 aliphatic carbocycles. The van der Waals surface area contributed by atoms with Crippen LogP contribution >= 0.6 is 24.0 Å². The zero-order valence-electron chi connectivity index (χ0n) is 18.9. The van der Waals surface area contributed by atoms with E-state index in [9.17, 15) is 4.79 Å². The van der Waals surface area contributed by atoms with Crippen molar-refractivity contribution in [2.45, 2.75) is 25.6 Å². The van der Waals surface area contributed by atoms with Gasteiger partial charge in [-0.05, 0) is 52.9 Å². The maximum atomic E-state index is 12.9.